The minimum absolute atomic E-state index is 0.0170. The Labute approximate surface area is 257 Å². The Balaban J connectivity index is 1.53. The maximum Gasteiger partial charge on any atom is 0.238 e. The Hall–Kier alpha value is -3.33. The standard InChI is InChI=1S/C31H27Cl3FN3O4/c1-16(39)38-11-9-20(10-12-38)42-25-8-7-23(34)28(35)27(25)29-31(21-6-5-19(33)14-24(21)36-30(31)41)22(15-26(40)37-29)17-3-2-4-18(32)13-17/h2-8,13-14,20,22,29H,9-12,15H2,1H3,(H,36,41)(H,37,40)/t22-,29-,31-/m0/s1. The van der Waals surface area contributed by atoms with Gasteiger partial charge in [0.15, 0.2) is 5.82 Å². The summed E-state index contributed by atoms with van der Waals surface area (Å²) < 4.78 is 22.7. The van der Waals surface area contributed by atoms with Gasteiger partial charge in [-0.1, -0.05) is 53.0 Å². The molecule has 0 saturated carbocycles. The number of ether oxygens (including phenoxy) is 1. The van der Waals surface area contributed by atoms with Crippen LogP contribution in [-0.4, -0.2) is 41.8 Å². The predicted molar refractivity (Wildman–Crippen MR) is 159 cm³/mol. The molecule has 6 rings (SSSR count). The van der Waals surface area contributed by atoms with Gasteiger partial charge in [0.1, 0.15) is 17.3 Å². The van der Waals surface area contributed by atoms with E-state index in [0.29, 0.717) is 52.8 Å². The second kappa shape index (κ2) is 11.1. The normalized spacial score (nSPS) is 23.9. The van der Waals surface area contributed by atoms with Crippen LogP contribution in [0.4, 0.5) is 10.1 Å². The molecule has 0 aromatic heterocycles. The monoisotopic (exact) mass is 629 g/mol. The Morgan fingerprint density at radius 1 is 1.02 bits per heavy atom. The third-order valence-electron chi connectivity index (χ3n) is 8.56. The van der Waals surface area contributed by atoms with Gasteiger partial charge in [-0.3, -0.25) is 14.4 Å². The molecule has 0 radical (unpaired) electrons. The molecule has 7 nitrogen and oxygen atoms in total. The van der Waals surface area contributed by atoms with Crippen LogP contribution in [0.3, 0.4) is 0 Å². The Morgan fingerprint density at radius 3 is 2.48 bits per heavy atom. The van der Waals surface area contributed by atoms with Crippen LogP contribution >= 0.6 is 34.8 Å². The number of piperidine rings is 2. The van der Waals surface area contributed by atoms with E-state index in [0.717, 1.165) is 0 Å². The highest BCUT2D eigenvalue weighted by molar-refractivity contribution is 6.31. The molecule has 3 amide bonds. The highest BCUT2D eigenvalue weighted by Crippen LogP contribution is 2.59. The first-order valence-corrected chi connectivity index (χ1v) is 14.8. The zero-order chi connectivity index (χ0) is 29.8. The summed E-state index contributed by atoms with van der Waals surface area (Å²) in [6.45, 7) is 2.53. The zero-order valence-corrected chi connectivity index (χ0v) is 24.8. The van der Waals surface area contributed by atoms with E-state index < -0.39 is 29.1 Å². The molecule has 2 saturated heterocycles. The van der Waals surface area contributed by atoms with E-state index in [9.17, 15) is 14.4 Å². The molecular formula is C31H27Cl3FN3O4. The number of carbonyl (C=O) groups is 3. The van der Waals surface area contributed by atoms with Gasteiger partial charge in [-0.05, 0) is 47.5 Å². The molecule has 3 atom stereocenters. The molecule has 2 N–H and O–H groups in total. The van der Waals surface area contributed by atoms with Gasteiger partial charge in [-0.15, -0.1) is 0 Å². The van der Waals surface area contributed by atoms with Crippen molar-refractivity contribution in [1.29, 1.82) is 0 Å². The highest BCUT2D eigenvalue weighted by atomic mass is 35.5. The topological polar surface area (TPSA) is 87.7 Å². The molecule has 3 heterocycles. The zero-order valence-electron chi connectivity index (χ0n) is 22.6. The third kappa shape index (κ3) is 4.79. The van der Waals surface area contributed by atoms with Crippen LogP contribution in [0, 0.1) is 5.82 Å². The molecular weight excluding hydrogens is 604 g/mol. The molecule has 2 fully saturated rings. The van der Waals surface area contributed by atoms with Crippen molar-refractivity contribution in [2.75, 3.05) is 18.4 Å². The van der Waals surface area contributed by atoms with Gasteiger partial charge >= 0.3 is 0 Å². The van der Waals surface area contributed by atoms with Gasteiger partial charge in [-0.2, -0.15) is 0 Å². The van der Waals surface area contributed by atoms with E-state index in [4.69, 9.17) is 39.5 Å². The lowest BCUT2D eigenvalue weighted by molar-refractivity contribution is -0.132. The van der Waals surface area contributed by atoms with Crippen molar-refractivity contribution in [1.82, 2.24) is 10.2 Å². The Morgan fingerprint density at radius 2 is 1.76 bits per heavy atom. The predicted octanol–water partition coefficient (Wildman–Crippen LogP) is 6.41. The van der Waals surface area contributed by atoms with Gasteiger partial charge in [0.2, 0.25) is 17.7 Å². The molecule has 3 aromatic carbocycles. The first-order chi connectivity index (χ1) is 20.1. The number of nitrogens with one attached hydrogen (secondary N) is 2. The summed E-state index contributed by atoms with van der Waals surface area (Å²) in [6.07, 6.45) is 0.716. The van der Waals surface area contributed by atoms with Crippen molar-refractivity contribution >= 4 is 58.2 Å². The number of rotatable bonds is 4. The van der Waals surface area contributed by atoms with Crippen molar-refractivity contribution in [3.63, 3.8) is 0 Å². The van der Waals surface area contributed by atoms with Crippen LogP contribution in [0.25, 0.3) is 0 Å². The van der Waals surface area contributed by atoms with Crippen molar-refractivity contribution in [3.05, 3.63) is 92.2 Å². The van der Waals surface area contributed by atoms with Crippen molar-refractivity contribution < 1.29 is 23.5 Å². The molecule has 0 unspecified atom stereocenters. The molecule has 42 heavy (non-hydrogen) atoms. The average molecular weight is 631 g/mol. The van der Waals surface area contributed by atoms with E-state index in [1.54, 1.807) is 47.4 Å². The van der Waals surface area contributed by atoms with E-state index in [1.807, 2.05) is 6.07 Å². The number of anilines is 1. The molecule has 0 aliphatic carbocycles. The van der Waals surface area contributed by atoms with Crippen molar-refractivity contribution in [2.45, 2.75) is 49.7 Å². The summed E-state index contributed by atoms with van der Waals surface area (Å²) in [5.41, 5.74) is 0.172. The van der Waals surface area contributed by atoms with Gasteiger partial charge in [0, 0.05) is 60.9 Å². The summed E-state index contributed by atoms with van der Waals surface area (Å²) in [5.74, 6) is -2.15. The van der Waals surface area contributed by atoms with E-state index in [2.05, 4.69) is 10.6 Å². The number of amides is 3. The van der Waals surface area contributed by atoms with E-state index >= 15 is 4.39 Å². The van der Waals surface area contributed by atoms with E-state index in [1.165, 1.54) is 13.0 Å². The lowest BCUT2D eigenvalue weighted by atomic mass is 9.59. The second-order valence-corrected chi connectivity index (χ2v) is 12.2. The van der Waals surface area contributed by atoms with Crippen LogP contribution in [0.5, 0.6) is 5.75 Å². The summed E-state index contributed by atoms with van der Waals surface area (Å²) >= 11 is 19.0. The van der Waals surface area contributed by atoms with Crippen molar-refractivity contribution in [3.8, 4) is 5.75 Å². The van der Waals surface area contributed by atoms with Crippen LogP contribution in [0.2, 0.25) is 15.1 Å². The molecule has 0 bridgehead atoms. The number of fused-ring (bicyclic) bond motifs is 2. The van der Waals surface area contributed by atoms with E-state index in [-0.39, 0.29) is 40.7 Å². The molecule has 1 spiro atoms. The molecule has 3 aliphatic heterocycles. The lowest BCUT2D eigenvalue weighted by Gasteiger charge is -2.47. The first-order valence-electron chi connectivity index (χ1n) is 13.7. The number of halogens is 4. The van der Waals surface area contributed by atoms with Crippen molar-refractivity contribution in [2.24, 2.45) is 0 Å². The second-order valence-electron chi connectivity index (χ2n) is 10.9. The van der Waals surface area contributed by atoms with Gasteiger partial charge < -0.3 is 20.3 Å². The minimum Gasteiger partial charge on any atom is -0.490 e. The quantitative estimate of drug-likeness (QED) is 0.349. The summed E-state index contributed by atoms with van der Waals surface area (Å²) in [5, 5.41) is 6.55. The lowest BCUT2D eigenvalue weighted by Crippen LogP contribution is -2.57. The Kier molecular flexibility index (Phi) is 7.58. The molecule has 3 aliphatic rings. The summed E-state index contributed by atoms with van der Waals surface area (Å²) in [4.78, 5) is 41.3. The van der Waals surface area contributed by atoms with Crippen LogP contribution in [-0.2, 0) is 19.8 Å². The van der Waals surface area contributed by atoms with Crippen LogP contribution in [0.1, 0.15) is 54.8 Å². The maximum atomic E-state index is 16.3. The smallest absolute Gasteiger partial charge is 0.238 e. The molecule has 3 aromatic rings. The summed E-state index contributed by atoms with van der Waals surface area (Å²) in [6, 6.07) is 13.8. The van der Waals surface area contributed by atoms with Gasteiger partial charge in [-0.25, -0.2) is 4.39 Å². The summed E-state index contributed by atoms with van der Waals surface area (Å²) in [7, 11) is 0. The fourth-order valence-corrected chi connectivity index (χ4v) is 7.17. The largest absolute Gasteiger partial charge is 0.490 e. The average Bonchev–Trinajstić information content (AvgIpc) is 3.23. The fraction of sp³-hybridized carbons (Fsp3) is 0.323. The molecule has 11 heteroatoms. The Bertz CT molecular complexity index is 1610. The number of hydrogen-bond acceptors (Lipinski definition) is 4. The maximum absolute atomic E-state index is 16.3. The first kappa shape index (κ1) is 28.8. The van der Waals surface area contributed by atoms with Gasteiger partial charge in [0.25, 0.3) is 0 Å². The van der Waals surface area contributed by atoms with Crippen LogP contribution < -0.4 is 15.4 Å². The number of likely N-dealkylation sites (tertiary alicyclic amines) is 1. The minimum atomic E-state index is -1.50. The number of benzene rings is 3. The van der Waals surface area contributed by atoms with Gasteiger partial charge in [0.05, 0.1) is 16.6 Å². The number of carbonyl (C=O) groups excluding carboxylic acids is 3. The number of hydrogen-bond donors (Lipinski definition) is 2. The fourth-order valence-electron chi connectivity index (χ4n) is 6.63. The SMILES string of the molecule is CC(=O)N1CCC(Oc2ccc(Cl)c(F)c2[C@@H]2NC(=O)C[C@@H](c3cccc(Cl)c3)[C@]23C(=O)Nc2cc(Cl)ccc23)CC1. The third-order valence-corrected chi connectivity index (χ3v) is 9.33. The van der Waals surface area contributed by atoms with Crippen LogP contribution in [0.15, 0.2) is 54.6 Å². The number of nitrogens with zero attached hydrogens (tertiary/aromatic N) is 1. The highest BCUT2D eigenvalue weighted by Gasteiger charge is 2.62. The molecule has 218 valence electrons.